The molecule has 0 radical (unpaired) electrons. The molecule has 19 heavy (non-hydrogen) atoms. The molecule has 0 amide bonds. The van der Waals surface area contributed by atoms with Crippen LogP contribution in [0.2, 0.25) is 0 Å². The van der Waals surface area contributed by atoms with Gasteiger partial charge in [0.2, 0.25) is 11.8 Å². The second kappa shape index (κ2) is 5.26. The fraction of sp³-hybridized carbons (Fsp3) is 0.462. The number of aromatic nitrogens is 4. The highest BCUT2D eigenvalue weighted by atomic mass is 16.5. The first kappa shape index (κ1) is 13.3. The lowest BCUT2D eigenvalue weighted by molar-refractivity contribution is 0.397. The average molecular weight is 261 g/mol. The maximum absolute atomic E-state index is 5.13. The molecule has 2 aromatic heterocycles. The van der Waals surface area contributed by atoms with Gasteiger partial charge in [0.1, 0.15) is 0 Å². The summed E-state index contributed by atoms with van der Waals surface area (Å²) < 4.78 is 7.01. The SMILES string of the molecule is COc1cc(C)nc(NCc2c(C)nn(C)c2C)n1. The van der Waals surface area contributed by atoms with Crippen LogP contribution >= 0.6 is 0 Å². The van der Waals surface area contributed by atoms with Gasteiger partial charge in [0, 0.05) is 36.6 Å². The van der Waals surface area contributed by atoms with Gasteiger partial charge in [-0.1, -0.05) is 0 Å². The molecule has 0 aliphatic carbocycles. The summed E-state index contributed by atoms with van der Waals surface area (Å²) >= 11 is 0. The standard InChI is InChI=1S/C13H19N5O/c1-8-6-12(19-5)16-13(15-8)14-7-11-9(2)17-18(4)10(11)3/h6H,7H2,1-5H3,(H,14,15,16). The molecule has 102 valence electrons. The van der Waals surface area contributed by atoms with Gasteiger partial charge in [-0.15, -0.1) is 0 Å². The molecule has 2 heterocycles. The second-order valence-corrected chi connectivity index (χ2v) is 4.50. The molecule has 2 rings (SSSR count). The molecule has 2 aromatic rings. The highest BCUT2D eigenvalue weighted by molar-refractivity contribution is 5.34. The number of nitrogens with zero attached hydrogens (tertiary/aromatic N) is 4. The Hall–Kier alpha value is -2.11. The van der Waals surface area contributed by atoms with Crippen molar-refractivity contribution in [1.29, 1.82) is 0 Å². The van der Waals surface area contributed by atoms with Crippen molar-refractivity contribution < 1.29 is 4.74 Å². The molecule has 0 bridgehead atoms. The van der Waals surface area contributed by atoms with Crippen molar-refractivity contribution >= 4 is 5.95 Å². The molecule has 0 atom stereocenters. The number of nitrogens with one attached hydrogen (secondary N) is 1. The summed E-state index contributed by atoms with van der Waals surface area (Å²) in [5, 5.41) is 7.60. The Labute approximate surface area is 112 Å². The Morgan fingerprint density at radius 3 is 2.58 bits per heavy atom. The predicted octanol–water partition coefficient (Wildman–Crippen LogP) is 1.76. The Bertz CT molecular complexity index is 591. The van der Waals surface area contributed by atoms with Gasteiger partial charge in [-0.25, -0.2) is 4.98 Å². The summed E-state index contributed by atoms with van der Waals surface area (Å²) in [4.78, 5) is 8.60. The molecule has 0 aliphatic rings. The third-order valence-corrected chi connectivity index (χ3v) is 3.12. The smallest absolute Gasteiger partial charge is 0.226 e. The monoisotopic (exact) mass is 261 g/mol. The summed E-state index contributed by atoms with van der Waals surface area (Å²) in [6, 6.07) is 1.80. The number of rotatable bonds is 4. The van der Waals surface area contributed by atoms with Crippen molar-refractivity contribution in [2.45, 2.75) is 27.3 Å². The van der Waals surface area contributed by atoms with Crippen LogP contribution < -0.4 is 10.1 Å². The van der Waals surface area contributed by atoms with E-state index in [-0.39, 0.29) is 0 Å². The molecule has 0 spiro atoms. The molecular formula is C13H19N5O. The molecule has 6 nitrogen and oxygen atoms in total. The third-order valence-electron chi connectivity index (χ3n) is 3.12. The lowest BCUT2D eigenvalue weighted by Gasteiger charge is -2.07. The van der Waals surface area contributed by atoms with Gasteiger partial charge in [-0.2, -0.15) is 10.1 Å². The van der Waals surface area contributed by atoms with E-state index >= 15 is 0 Å². The fourth-order valence-corrected chi connectivity index (χ4v) is 1.96. The number of methoxy groups -OCH3 is 1. The average Bonchev–Trinajstić information content (AvgIpc) is 2.60. The summed E-state index contributed by atoms with van der Waals surface area (Å²) in [6.07, 6.45) is 0. The first-order chi connectivity index (χ1) is 9.01. The molecule has 0 saturated carbocycles. The zero-order valence-electron chi connectivity index (χ0n) is 12.0. The van der Waals surface area contributed by atoms with E-state index in [1.54, 1.807) is 13.2 Å². The first-order valence-electron chi connectivity index (χ1n) is 6.14. The van der Waals surface area contributed by atoms with Gasteiger partial charge in [-0.3, -0.25) is 4.68 Å². The van der Waals surface area contributed by atoms with Crippen molar-refractivity contribution in [3.8, 4) is 5.88 Å². The van der Waals surface area contributed by atoms with E-state index in [0.29, 0.717) is 18.4 Å². The zero-order chi connectivity index (χ0) is 14.0. The van der Waals surface area contributed by atoms with Gasteiger partial charge < -0.3 is 10.1 Å². The van der Waals surface area contributed by atoms with Crippen LogP contribution in [0.3, 0.4) is 0 Å². The summed E-state index contributed by atoms with van der Waals surface area (Å²) in [5.74, 6) is 1.13. The Balaban J connectivity index is 2.16. The highest BCUT2D eigenvalue weighted by Gasteiger charge is 2.10. The molecular weight excluding hydrogens is 242 g/mol. The molecule has 6 heteroatoms. The van der Waals surface area contributed by atoms with E-state index in [1.165, 1.54) is 5.56 Å². The number of aryl methyl sites for hydroxylation is 3. The number of hydrogen-bond donors (Lipinski definition) is 1. The van der Waals surface area contributed by atoms with Gasteiger partial charge >= 0.3 is 0 Å². The maximum atomic E-state index is 5.13. The van der Waals surface area contributed by atoms with Crippen molar-refractivity contribution in [1.82, 2.24) is 19.7 Å². The van der Waals surface area contributed by atoms with Crippen molar-refractivity contribution in [2.75, 3.05) is 12.4 Å². The largest absolute Gasteiger partial charge is 0.481 e. The van der Waals surface area contributed by atoms with Gasteiger partial charge in [0.05, 0.1) is 12.8 Å². The first-order valence-corrected chi connectivity index (χ1v) is 6.14. The van der Waals surface area contributed by atoms with Crippen LogP contribution in [-0.2, 0) is 13.6 Å². The highest BCUT2D eigenvalue weighted by Crippen LogP contribution is 2.15. The topological polar surface area (TPSA) is 64.9 Å². The minimum absolute atomic E-state index is 0.564. The number of ether oxygens (including phenoxy) is 1. The van der Waals surface area contributed by atoms with E-state index in [9.17, 15) is 0 Å². The Kier molecular flexibility index (Phi) is 3.69. The molecule has 0 aromatic carbocycles. The van der Waals surface area contributed by atoms with Crippen molar-refractivity contribution in [2.24, 2.45) is 7.05 Å². The van der Waals surface area contributed by atoms with Crippen LogP contribution in [0.15, 0.2) is 6.07 Å². The molecule has 1 N–H and O–H groups in total. The van der Waals surface area contributed by atoms with E-state index in [0.717, 1.165) is 17.1 Å². The molecule has 0 saturated heterocycles. The normalized spacial score (nSPS) is 10.6. The van der Waals surface area contributed by atoms with E-state index in [4.69, 9.17) is 4.74 Å². The van der Waals surface area contributed by atoms with E-state index < -0.39 is 0 Å². The minimum Gasteiger partial charge on any atom is -0.481 e. The van der Waals surface area contributed by atoms with E-state index in [1.807, 2.05) is 25.6 Å². The molecule has 0 unspecified atom stereocenters. The van der Waals surface area contributed by atoms with Crippen molar-refractivity contribution in [3.63, 3.8) is 0 Å². The number of hydrogen-bond acceptors (Lipinski definition) is 5. The maximum Gasteiger partial charge on any atom is 0.226 e. The van der Waals surface area contributed by atoms with Gasteiger partial charge in [0.15, 0.2) is 0 Å². The summed E-state index contributed by atoms with van der Waals surface area (Å²) in [5.41, 5.74) is 4.21. The summed E-state index contributed by atoms with van der Waals surface area (Å²) in [7, 11) is 3.54. The fourth-order valence-electron chi connectivity index (χ4n) is 1.96. The van der Waals surface area contributed by atoms with Crippen molar-refractivity contribution in [3.05, 3.63) is 28.7 Å². The molecule has 0 fully saturated rings. The van der Waals surface area contributed by atoms with Crippen LogP contribution in [-0.4, -0.2) is 26.9 Å². The quantitative estimate of drug-likeness (QED) is 0.908. The van der Waals surface area contributed by atoms with Crippen LogP contribution in [0, 0.1) is 20.8 Å². The summed E-state index contributed by atoms with van der Waals surface area (Å²) in [6.45, 7) is 6.62. The van der Waals surface area contributed by atoms with Crippen LogP contribution in [0.1, 0.15) is 22.6 Å². The minimum atomic E-state index is 0.564. The third kappa shape index (κ3) is 2.83. The van der Waals surface area contributed by atoms with E-state index in [2.05, 4.69) is 27.3 Å². The lowest BCUT2D eigenvalue weighted by atomic mass is 10.2. The Morgan fingerprint density at radius 2 is 2.00 bits per heavy atom. The van der Waals surface area contributed by atoms with Crippen LogP contribution in [0.4, 0.5) is 5.95 Å². The lowest BCUT2D eigenvalue weighted by Crippen LogP contribution is -2.07. The van der Waals surface area contributed by atoms with Crippen LogP contribution in [0.25, 0.3) is 0 Å². The second-order valence-electron chi connectivity index (χ2n) is 4.50. The number of anilines is 1. The zero-order valence-corrected chi connectivity index (χ0v) is 12.0. The molecule has 0 aliphatic heterocycles. The van der Waals surface area contributed by atoms with Crippen LogP contribution in [0.5, 0.6) is 5.88 Å². The predicted molar refractivity (Wildman–Crippen MR) is 73.3 cm³/mol. The van der Waals surface area contributed by atoms with Gasteiger partial charge in [0.25, 0.3) is 0 Å². The van der Waals surface area contributed by atoms with Gasteiger partial charge in [-0.05, 0) is 20.8 Å². The Morgan fingerprint density at radius 1 is 1.26 bits per heavy atom.